The highest BCUT2D eigenvalue weighted by Gasteiger charge is 2.45. The van der Waals surface area contributed by atoms with Gasteiger partial charge >= 0.3 is 0 Å². The fourth-order valence-electron chi connectivity index (χ4n) is 3.94. The SMILES string of the molecule is CN1CCC(c2nc[nH]n2)(C2CCCCC2)CC1. The molecule has 3 rings (SSSR count). The van der Waals surface area contributed by atoms with Crippen molar-refractivity contribution < 1.29 is 0 Å². The van der Waals surface area contributed by atoms with E-state index in [1.807, 2.05) is 0 Å². The summed E-state index contributed by atoms with van der Waals surface area (Å²) in [4.78, 5) is 6.97. The topological polar surface area (TPSA) is 44.8 Å². The van der Waals surface area contributed by atoms with Crippen LogP contribution in [0.1, 0.15) is 50.8 Å². The lowest BCUT2D eigenvalue weighted by molar-refractivity contribution is 0.0994. The van der Waals surface area contributed by atoms with Gasteiger partial charge in [0, 0.05) is 5.41 Å². The van der Waals surface area contributed by atoms with Gasteiger partial charge in [-0.2, -0.15) is 5.10 Å². The maximum Gasteiger partial charge on any atom is 0.156 e. The van der Waals surface area contributed by atoms with Crippen LogP contribution in [0.3, 0.4) is 0 Å². The van der Waals surface area contributed by atoms with Gasteiger partial charge in [-0.25, -0.2) is 4.98 Å². The van der Waals surface area contributed by atoms with Crippen LogP contribution in [0.4, 0.5) is 0 Å². The first-order chi connectivity index (χ1) is 8.81. The third-order valence-corrected chi connectivity index (χ3v) is 5.13. The van der Waals surface area contributed by atoms with E-state index in [0.717, 1.165) is 11.7 Å². The predicted octanol–water partition coefficient (Wildman–Crippen LogP) is 2.35. The van der Waals surface area contributed by atoms with Gasteiger partial charge in [0.15, 0.2) is 5.82 Å². The molecule has 0 radical (unpaired) electrons. The van der Waals surface area contributed by atoms with E-state index in [9.17, 15) is 0 Å². The molecule has 2 heterocycles. The van der Waals surface area contributed by atoms with Crippen LogP contribution >= 0.6 is 0 Å². The summed E-state index contributed by atoms with van der Waals surface area (Å²) in [7, 11) is 2.22. The molecule has 0 aromatic carbocycles. The van der Waals surface area contributed by atoms with Gasteiger partial charge in [0.2, 0.25) is 0 Å². The zero-order valence-electron chi connectivity index (χ0n) is 11.4. The van der Waals surface area contributed by atoms with Crippen LogP contribution in [0.5, 0.6) is 0 Å². The molecule has 0 amide bonds. The summed E-state index contributed by atoms with van der Waals surface area (Å²) in [6, 6.07) is 0. The van der Waals surface area contributed by atoms with E-state index in [1.165, 1.54) is 58.0 Å². The second-order valence-electron chi connectivity index (χ2n) is 6.12. The van der Waals surface area contributed by atoms with Crippen LogP contribution in [0.25, 0.3) is 0 Å². The molecule has 18 heavy (non-hydrogen) atoms. The van der Waals surface area contributed by atoms with Crippen molar-refractivity contribution in [1.82, 2.24) is 20.1 Å². The van der Waals surface area contributed by atoms with E-state index >= 15 is 0 Å². The zero-order chi connectivity index (χ0) is 12.4. The number of aromatic amines is 1. The van der Waals surface area contributed by atoms with Crippen LogP contribution in [-0.4, -0.2) is 40.2 Å². The van der Waals surface area contributed by atoms with Gasteiger partial charge in [-0.1, -0.05) is 19.3 Å². The molecule has 1 aromatic heterocycles. The number of aromatic nitrogens is 3. The van der Waals surface area contributed by atoms with E-state index in [0.29, 0.717) is 0 Å². The Morgan fingerprint density at radius 3 is 2.56 bits per heavy atom. The minimum absolute atomic E-state index is 0.257. The lowest BCUT2D eigenvalue weighted by Gasteiger charge is -2.45. The van der Waals surface area contributed by atoms with Crippen molar-refractivity contribution in [2.24, 2.45) is 5.92 Å². The summed E-state index contributed by atoms with van der Waals surface area (Å²) in [6.07, 6.45) is 11.2. The number of nitrogens with one attached hydrogen (secondary N) is 1. The number of H-pyrrole nitrogens is 1. The molecule has 1 aliphatic heterocycles. The van der Waals surface area contributed by atoms with Crippen molar-refractivity contribution in [3.8, 4) is 0 Å². The Labute approximate surface area is 109 Å². The first-order valence-corrected chi connectivity index (χ1v) is 7.36. The van der Waals surface area contributed by atoms with Gasteiger partial charge in [-0.15, -0.1) is 0 Å². The van der Waals surface area contributed by atoms with Crippen molar-refractivity contribution in [3.05, 3.63) is 12.2 Å². The summed E-state index contributed by atoms with van der Waals surface area (Å²) in [5.74, 6) is 1.89. The lowest BCUT2D eigenvalue weighted by atomic mass is 9.63. The van der Waals surface area contributed by atoms with Gasteiger partial charge in [-0.05, 0) is 51.7 Å². The maximum absolute atomic E-state index is 4.53. The highest BCUT2D eigenvalue weighted by molar-refractivity contribution is 5.12. The number of hydrogen-bond acceptors (Lipinski definition) is 3. The standard InChI is InChI=1S/C14H24N4/c1-18-9-7-14(8-10-18,13-15-11-16-17-13)12-5-3-2-4-6-12/h11-12H,2-10H2,1H3,(H,15,16,17). The second kappa shape index (κ2) is 5.00. The summed E-state index contributed by atoms with van der Waals surface area (Å²) in [5, 5.41) is 7.39. The van der Waals surface area contributed by atoms with Gasteiger partial charge in [0.25, 0.3) is 0 Å². The van der Waals surface area contributed by atoms with Crippen molar-refractivity contribution in [1.29, 1.82) is 0 Å². The molecule has 0 atom stereocenters. The van der Waals surface area contributed by atoms with E-state index < -0.39 is 0 Å². The molecule has 4 heteroatoms. The average molecular weight is 248 g/mol. The molecule has 1 saturated heterocycles. The highest BCUT2D eigenvalue weighted by Crippen LogP contribution is 2.46. The summed E-state index contributed by atoms with van der Waals surface area (Å²) >= 11 is 0. The smallest absolute Gasteiger partial charge is 0.156 e. The molecule has 1 aliphatic carbocycles. The van der Waals surface area contributed by atoms with E-state index in [4.69, 9.17) is 0 Å². The molecule has 0 unspecified atom stereocenters. The van der Waals surface area contributed by atoms with Gasteiger partial charge in [0.05, 0.1) is 0 Å². The van der Waals surface area contributed by atoms with Crippen LogP contribution in [0.2, 0.25) is 0 Å². The largest absolute Gasteiger partial charge is 0.306 e. The van der Waals surface area contributed by atoms with Crippen molar-refractivity contribution in [3.63, 3.8) is 0 Å². The number of likely N-dealkylation sites (tertiary alicyclic amines) is 1. The quantitative estimate of drug-likeness (QED) is 0.873. The summed E-state index contributed by atoms with van der Waals surface area (Å²) in [5.41, 5.74) is 0.257. The summed E-state index contributed by atoms with van der Waals surface area (Å²) < 4.78 is 0. The molecule has 4 nitrogen and oxygen atoms in total. The minimum Gasteiger partial charge on any atom is -0.306 e. The Kier molecular flexibility index (Phi) is 3.37. The lowest BCUT2D eigenvalue weighted by Crippen LogP contribution is -2.47. The molecule has 0 bridgehead atoms. The first kappa shape index (κ1) is 12.2. The Balaban J connectivity index is 1.87. The van der Waals surface area contributed by atoms with Crippen molar-refractivity contribution >= 4 is 0 Å². The Bertz CT molecular complexity index is 359. The molecule has 1 N–H and O–H groups in total. The van der Waals surface area contributed by atoms with Crippen LogP contribution < -0.4 is 0 Å². The predicted molar refractivity (Wildman–Crippen MR) is 71.4 cm³/mol. The maximum atomic E-state index is 4.53. The minimum atomic E-state index is 0.257. The highest BCUT2D eigenvalue weighted by atomic mass is 15.2. The van der Waals surface area contributed by atoms with Gasteiger partial charge in [0.1, 0.15) is 6.33 Å². The third-order valence-electron chi connectivity index (χ3n) is 5.13. The number of piperidine rings is 1. The number of nitrogens with zero attached hydrogens (tertiary/aromatic N) is 3. The first-order valence-electron chi connectivity index (χ1n) is 7.36. The van der Waals surface area contributed by atoms with Crippen molar-refractivity contribution in [2.75, 3.05) is 20.1 Å². The zero-order valence-corrected chi connectivity index (χ0v) is 11.4. The van der Waals surface area contributed by atoms with Crippen LogP contribution in [0, 0.1) is 5.92 Å². The van der Waals surface area contributed by atoms with Gasteiger partial charge in [-0.3, -0.25) is 5.10 Å². The second-order valence-corrected chi connectivity index (χ2v) is 6.12. The molecular formula is C14H24N4. The van der Waals surface area contributed by atoms with Crippen LogP contribution in [-0.2, 0) is 5.41 Å². The molecule has 2 aliphatic rings. The molecular weight excluding hydrogens is 224 g/mol. The fourth-order valence-corrected chi connectivity index (χ4v) is 3.94. The van der Waals surface area contributed by atoms with Gasteiger partial charge < -0.3 is 4.90 Å². The van der Waals surface area contributed by atoms with Crippen molar-refractivity contribution in [2.45, 2.75) is 50.4 Å². The number of hydrogen-bond donors (Lipinski definition) is 1. The van der Waals surface area contributed by atoms with E-state index in [1.54, 1.807) is 6.33 Å². The summed E-state index contributed by atoms with van der Waals surface area (Å²) in [6.45, 7) is 2.37. The Hall–Kier alpha value is -0.900. The Morgan fingerprint density at radius 2 is 1.94 bits per heavy atom. The molecule has 1 saturated carbocycles. The molecule has 0 spiro atoms. The fraction of sp³-hybridized carbons (Fsp3) is 0.857. The monoisotopic (exact) mass is 248 g/mol. The molecule has 100 valence electrons. The Morgan fingerprint density at radius 1 is 1.22 bits per heavy atom. The third kappa shape index (κ3) is 2.07. The average Bonchev–Trinajstić information content (AvgIpc) is 2.95. The van der Waals surface area contributed by atoms with Crippen LogP contribution in [0.15, 0.2) is 6.33 Å². The molecule has 1 aromatic rings. The normalized spacial score (nSPS) is 26.3. The van der Waals surface area contributed by atoms with E-state index in [-0.39, 0.29) is 5.41 Å². The van der Waals surface area contributed by atoms with E-state index in [2.05, 4.69) is 27.1 Å². The number of rotatable bonds is 2. The molecule has 2 fully saturated rings.